The lowest BCUT2D eigenvalue weighted by atomic mass is 10.1. The number of aryl methyl sites for hydroxylation is 1. The van der Waals surface area contributed by atoms with Crippen molar-refractivity contribution in [2.24, 2.45) is 0 Å². The first kappa shape index (κ1) is 11.6. The van der Waals surface area contributed by atoms with Gasteiger partial charge in [0.05, 0.1) is 12.7 Å². The summed E-state index contributed by atoms with van der Waals surface area (Å²) in [4.78, 5) is 0. The number of hydrogen-bond donors (Lipinski definition) is 1. The van der Waals surface area contributed by atoms with E-state index in [0.29, 0.717) is 12.9 Å². The van der Waals surface area contributed by atoms with Crippen LogP contribution in [0.5, 0.6) is 0 Å². The fourth-order valence-electron chi connectivity index (χ4n) is 1.75. The van der Waals surface area contributed by atoms with Crippen LogP contribution < -0.4 is 5.32 Å². The Balaban J connectivity index is 1.69. The predicted molar refractivity (Wildman–Crippen MR) is 63.2 cm³/mol. The molecule has 3 nitrogen and oxygen atoms in total. The summed E-state index contributed by atoms with van der Waals surface area (Å²) in [6.07, 6.45) is 1.29. The second-order valence-electron chi connectivity index (χ2n) is 4.22. The van der Waals surface area contributed by atoms with Crippen molar-refractivity contribution >= 4 is 0 Å². The molecular weight excluding hydrogens is 202 g/mol. The van der Waals surface area contributed by atoms with Crippen molar-refractivity contribution in [3.63, 3.8) is 0 Å². The van der Waals surface area contributed by atoms with Gasteiger partial charge in [0, 0.05) is 13.1 Å². The Hall–Kier alpha value is -0.900. The van der Waals surface area contributed by atoms with Crippen LogP contribution in [0.4, 0.5) is 0 Å². The van der Waals surface area contributed by atoms with Gasteiger partial charge in [-0.3, -0.25) is 0 Å². The third kappa shape index (κ3) is 3.59. The van der Waals surface area contributed by atoms with Gasteiger partial charge < -0.3 is 14.8 Å². The van der Waals surface area contributed by atoms with Gasteiger partial charge in [-0.15, -0.1) is 0 Å². The van der Waals surface area contributed by atoms with Crippen LogP contribution in [0.25, 0.3) is 0 Å². The summed E-state index contributed by atoms with van der Waals surface area (Å²) in [5, 5.41) is 3.41. The highest BCUT2D eigenvalue weighted by Gasteiger charge is 2.12. The van der Waals surface area contributed by atoms with Crippen LogP contribution in [0.1, 0.15) is 17.5 Å². The maximum atomic E-state index is 5.45. The third-order valence-corrected chi connectivity index (χ3v) is 2.79. The monoisotopic (exact) mass is 221 g/mol. The Bertz CT molecular complexity index is 304. The number of hydrogen-bond acceptors (Lipinski definition) is 3. The van der Waals surface area contributed by atoms with Crippen LogP contribution in [-0.2, 0) is 16.0 Å². The van der Waals surface area contributed by atoms with Crippen LogP contribution in [0.3, 0.4) is 0 Å². The first-order chi connectivity index (χ1) is 7.84. The predicted octanol–water partition coefficient (Wildman–Crippen LogP) is 1.85. The molecule has 1 unspecified atom stereocenters. The molecule has 0 spiro atoms. The van der Waals surface area contributed by atoms with Crippen molar-refractivity contribution < 1.29 is 9.47 Å². The van der Waals surface area contributed by atoms with Crippen molar-refractivity contribution in [3.05, 3.63) is 35.4 Å². The summed E-state index contributed by atoms with van der Waals surface area (Å²) < 4.78 is 10.6. The number of nitrogens with one attached hydrogen (secondary N) is 1. The van der Waals surface area contributed by atoms with E-state index >= 15 is 0 Å². The lowest BCUT2D eigenvalue weighted by molar-refractivity contribution is -0.137. The minimum Gasteiger partial charge on any atom is -0.355 e. The second kappa shape index (κ2) is 5.99. The Morgan fingerprint density at radius 1 is 1.31 bits per heavy atom. The van der Waals surface area contributed by atoms with Crippen molar-refractivity contribution in [2.45, 2.75) is 26.0 Å². The molecule has 16 heavy (non-hydrogen) atoms. The molecule has 1 aromatic rings. The molecule has 1 aliphatic heterocycles. The average molecular weight is 221 g/mol. The number of rotatable bonds is 4. The van der Waals surface area contributed by atoms with E-state index in [1.54, 1.807) is 0 Å². The maximum Gasteiger partial charge on any atom is 0.147 e. The third-order valence-electron chi connectivity index (χ3n) is 2.79. The van der Waals surface area contributed by atoms with E-state index in [9.17, 15) is 0 Å². The van der Waals surface area contributed by atoms with Gasteiger partial charge in [-0.05, 0) is 18.9 Å². The highest BCUT2D eigenvalue weighted by atomic mass is 16.7. The summed E-state index contributed by atoms with van der Waals surface area (Å²) in [6.45, 7) is 5.17. The van der Waals surface area contributed by atoms with Gasteiger partial charge in [0.15, 0.2) is 0 Å². The first-order valence-electron chi connectivity index (χ1n) is 5.80. The fraction of sp³-hybridized carbons (Fsp3) is 0.538. The van der Waals surface area contributed by atoms with E-state index in [1.807, 2.05) is 0 Å². The SMILES string of the molecule is Cc1ccc(CNCC2CCOCO2)cc1. The summed E-state index contributed by atoms with van der Waals surface area (Å²) in [5.74, 6) is 0. The zero-order chi connectivity index (χ0) is 11.2. The highest BCUT2D eigenvalue weighted by molar-refractivity contribution is 5.21. The zero-order valence-electron chi connectivity index (χ0n) is 9.74. The molecule has 0 radical (unpaired) electrons. The van der Waals surface area contributed by atoms with Gasteiger partial charge >= 0.3 is 0 Å². The van der Waals surface area contributed by atoms with Gasteiger partial charge in [0.1, 0.15) is 6.79 Å². The topological polar surface area (TPSA) is 30.5 Å². The van der Waals surface area contributed by atoms with E-state index in [1.165, 1.54) is 11.1 Å². The van der Waals surface area contributed by atoms with Gasteiger partial charge in [-0.1, -0.05) is 29.8 Å². The van der Waals surface area contributed by atoms with Gasteiger partial charge in [-0.25, -0.2) is 0 Å². The zero-order valence-corrected chi connectivity index (χ0v) is 9.74. The summed E-state index contributed by atoms with van der Waals surface area (Å²) in [7, 11) is 0. The Labute approximate surface area is 96.8 Å². The molecule has 0 bridgehead atoms. The molecule has 0 aliphatic carbocycles. The van der Waals surface area contributed by atoms with Gasteiger partial charge in [-0.2, -0.15) is 0 Å². The standard InChI is InChI=1S/C13H19NO2/c1-11-2-4-12(5-3-11)8-14-9-13-6-7-15-10-16-13/h2-5,13-14H,6-10H2,1H3. The van der Waals surface area contributed by atoms with E-state index in [4.69, 9.17) is 9.47 Å². The molecule has 1 aromatic carbocycles. The van der Waals surface area contributed by atoms with Crippen LogP contribution in [0.2, 0.25) is 0 Å². The molecule has 1 N–H and O–H groups in total. The molecule has 0 amide bonds. The molecule has 1 fully saturated rings. The fourth-order valence-corrected chi connectivity index (χ4v) is 1.75. The van der Waals surface area contributed by atoms with E-state index in [-0.39, 0.29) is 0 Å². The molecule has 1 saturated heterocycles. The molecule has 0 aromatic heterocycles. The van der Waals surface area contributed by atoms with Crippen molar-refractivity contribution in [2.75, 3.05) is 19.9 Å². The first-order valence-corrected chi connectivity index (χ1v) is 5.80. The normalized spacial score (nSPS) is 20.9. The number of ether oxygens (including phenoxy) is 2. The minimum atomic E-state index is 0.305. The Morgan fingerprint density at radius 2 is 2.12 bits per heavy atom. The van der Waals surface area contributed by atoms with Gasteiger partial charge in [0.2, 0.25) is 0 Å². The van der Waals surface area contributed by atoms with Crippen molar-refractivity contribution in [3.8, 4) is 0 Å². The van der Waals surface area contributed by atoms with Crippen LogP contribution in [-0.4, -0.2) is 26.0 Å². The molecular formula is C13H19NO2. The molecule has 1 heterocycles. The van der Waals surface area contributed by atoms with E-state index in [2.05, 4.69) is 36.5 Å². The van der Waals surface area contributed by atoms with E-state index < -0.39 is 0 Å². The lowest BCUT2D eigenvalue weighted by Gasteiger charge is -2.23. The second-order valence-corrected chi connectivity index (χ2v) is 4.22. The molecule has 3 heteroatoms. The van der Waals surface area contributed by atoms with Crippen molar-refractivity contribution in [1.29, 1.82) is 0 Å². The van der Waals surface area contributed by atoms with Crippen molar-refractivity contribution in [1.82, 2.24) is 5.32 Å². The summed E-state index contributed by atoms with van der Waals surface area (Å²) in [5.41, 5.74) is 2.62. The van der Waals surface area contributed by atoms with Crippen LogP contribution >= 0.6 is 0 Å². The van der Waals surface area contributed by atoms with Crippen LogP contribution in [0.15, 0.2) is 24.3 Å². The average Bonchev–Trinajstić information content (AvgIpc) is 2.33. The van der Waals surface area contributed by atoms with E-state index in [0.717, 1.165) is 26.1 Å². The molecule has 1 aliphatic rings. The minimum absolute atomic E-state index is 0.305. The smallest absolute Gasteiger partial charge is 0.147 e. The lowest BCUT2D eigenvalue weighted by Crippen LogP contribution is -2.33. The van der Waals surface area contributed by atoms with Crippen LogP contribution in [0, 0.1) is 6.92 Å². The highest BCUT2D eigenvalue weighted by Crippen LogP contribution is 2.06. The largest absolute Gasteiger partial charge is 0.355 e. The Morgan fingerprint density at radius 3 is 2.81 bits per heavy atom. The maximum absolute atomic E-state index is 5.45. The summed E-state index contributed by atoms with van der Waals surface area (Å²) >= 11 is 0. The quantitative estimate of drug-likeness (QED) is 0.841. The molecule has 2 rings (SSSR count). The summed E-state index contributed by atoms with van der Waals surface area (Å²) in [6, 6.07) is 8.60. The Kier molecular flexibility index (Phi) is 4.34. The number of benzene rings is 1. The van der Waals surface area contributed by atoms with Gasteiger partial charge in [0.25, 0.3) is 0 Å². The molecule has 0 saturated carbocycles. The molecule has 1 atom stereocenters. The molecule has 88 valence electrons.